The molecule has 6 nitrogen and oxygen atoms in total. The topological polar surface area (TPSA) is 91.3 Å². The van der Waals surface area contributed by atoms with Crippen molar-refractivity contribution < 1.29 is 14.7 Å². The molecule has 1 aliphatic rings. The predicted octanol–water partition coefficient (Wildman–Crippen LogP) is 0.770. The third kappa shape index (κ3) is 2.85. The Hall–Kier alpha value is -1.47. The van der Waals surface area contributed by atoms with Crippen molar-refractivity contribution in [1.29, 1.82) is 0 Å². The molecule has 0 aliphatic carbocycles. The maximum absolute atomic E-state index is 11.9. The van der Waals surface area contributed by atoms with E-state index in [-0.39, 0.29) is 23.7 Å². The second-order valence-electron chi connectivity index (χ2n) is 4.26. The van der Waals surface area contributed by atoms with Gasteiger partial charge in [-0.2, -0.15) is 0 Å². The number of rotatable bonds is 4. The van der Waals surface area contributed by atoms with Crippen LogP contribution in [0.2, 0.25) is 0 Å². The van der Waals surface area contributed by atoms with E-state index >= 15 is 0 Å². The first-order valence-electron chi connectivity index (χ1n) is 5.80. The van der Waals surface area contributed by atoms with E-state index in [9.17, 15) is 9.59 Å². The summed E-state index contributed by atoms with van der Waals surface area (Å²) in [6.07, 6.45) is 1.85. The lowest BCUT2D eigenvalue weighted by atomic mass is 10.2. The molecule has 0 spiro atoms. The average Bonchev–Trinajstić information content (AvgIpc) is 3.00. The van der Waals surface area contributed by atoms with Crippen LogP contribution in [0.25, 0.3) is 0 Å². The van der Waals surface area contributed by atoms with Gasteiger partial charge in [-0.3, -0.25) is 4.79 Å². The molecule has 7 heteroatoms. The first-order chi connectivity index (χ1) is 8.58. The molecule has 1 saturated heterocycles. The molecule has 0 aromatic carbocycles. The number of nitrogens with one attached hydrogen (secondary N) is 2. The first kappa shape index (κ1) is 13.0. The second-order valence-corrected chi connectivity index (χ2v) is 5.15. The van der Waals surface area contributed by atoms with Gasteiger partial charge in [0.05, 0.1) is 12.1 Å². The third-order valence-corrected chi connectivity index (χ3v) is 3.87. The Morgan fingerprint density at radius 3 is 3.00 bits per heavy atom. The van der Waals surface area contributed by atoms with Gasteiger partial charge < -0.3 is 15.7 Å². The van der Waals surface area contributed by atoms with Crippen molar-refractivity contribution in [2.75, 3.05) is 6.54 Å². The van der Waals surface area contributed by atoms with Crippen LogP contribution < -0.4 is 10.6 Å². The molecule has 1 amide bonds. The van der Waals surface area contributed by atoms with Crippen LogP contribution in [0.5, 0.6) is 0 Å². The number of carboxylic acid groups (broad SMARTS) is 1. The van der Waals surface area contributed by atoms with Crippen molar-refractivity contribution >= 4 is 23.2 Å². The number of hydrogen-bond donors (Lipinski definition) is 3. The number of aromatic nitrogens is 1. The summed E-state index contributed by atoms with van der Waals surface area (Å²) in [4.78, 5) is 26.5. The van der Waals surface area contributed by atoms with Crippen LogP contribution in [0.1, 0.15) is 41.3 Å². The van der Waals surface area contributed by atoms with Crippen molar-refractivity contribution in [3.05, 3.63) is 16.1 Å². The molecule has 0 bridgehead atoms. The molecule has 1 aliphatic heterocycles. The highest BCUT2D eigenvalue weighted by Gasteiger charge is 2.24. The van der Waals surface area contributed by atoms with Crippen LogP contribution in [-0.2, 0) is 4.79 Å². The fourth-order valence-electron chi connectivity index (χ4n) is 1.87. The van der Waals surface area contributed by atoms with Crippen molar-refractivity contribution in [2.45, 2.75) is 31.8 Å². The van der Waals surface area contributed by atoms with Crippen molar-refractivity contribution in [2.24, 2.45) is 0 Å². The van der Waals surface area contributed by atoms with E-state index in [4.69, 9.17) is 5.11 Å². The smallest absolute Gasteiger partial charge is 0.355 e. The Labute approximate surface area is 108 Å². The molecule has 18 heavy (non-hydrogen) atoms. The standard InChI is InChI=1S/C11H15N3O3S/c1-6(10-14-8(5-18-10)11(16)17)13-9(15)7-3-2-4-12-7/h5-7,12H,2-4H2,1H3,(H,13,15)(H,16,17)/t6?,7-/m1/s1. The summed E-state index contributed by atoms with van der Waals surface area (Å²) in [6, 6.07) is -0.399. The van der Waals surface area contributed by atoms with Crippen LogP contribution in [-0.4, -0.2) is 34.6 Å². The lowest BCUT2D eigenvalue weighted by Crippen LogP contribution is -2.41. The Bertz CT molecular complexity index is 454. The van der Waals surface area contributed by atoms with E-state index in [1.165, 1.54) is 16.7 Å². The molecule has 0 saturated carbocycles. The van der Waals surface area contributed by atoms with E-state index < -0.39 is 5.97 Å². The van der Waals surface area contributed by atoms with Crippen LogP contribution in [0.15, 0.2) is 5.38 Å². The van der Waals surface area contributed by atoms with Gasteiger partial charge in [-0.05, 0) is 26.3 Å². The van der Waals surface area contributed by atoms with E-state index in [1.807, 2.05) is 0 Å². The summed E-state index contributed by atoms with van der Waals surface area (Å²) in [5.41, 5.74) is 0.0232. The maximum atomic E-state index is 11.9. The fraction of sp³-hybridized carbons (Fsp3) is 0.545. The lowest BCUT2D eigenvalue weighted by molar-refractivity contribution is -0.123. The van der Waals surface area contributed by atoms with Crippen LogP contribution in [0, 0.1) is 0 Å². The maximum Gasteiger partial charge on any atom is 0.355 e. The highest BCUT2D eigenvalue weighted by atomic mass is 32.1. The van der Waals surface area contributed by atoms with Crippen LogP contribution >= 0.6 is 11.3 Å². The number of hydrogen-bond acceptors (Lipinski definition) is 5. The predicted molar refractivity (Wildman–Crippen MR) is 66.7 cm³/mol. The molecule has 3 N–H and O–H groups in total. The normalized spacial score (nSPS) is 20.6. The molecule has 2 atom stereocenters. The van der Waals surface area contributed by atoms with E-state index in [2.05, 4.69) is 15.6 Å². The van der Waals surface area contributed by atoms with Gasteiger partial charge in [-0.15, -0.1) is 11.3 Å². The van der Waals surface area contributed by atoms with E-state index in [1.54, 1.807) is 6.92 Å². The molecule has 1 unspecified atom stereocenters. The van der Waals surface area contributed by atoms with Gasteiger partial charge in [0.15, 0.2) is 5.69 Å². The minimum absolute atomic E-state index is 0.0232. The highest BCUT2D eigenvalue weighted by molar-refractivity contribution is 7.09. The van der Waals surface area contributed by atoms with Gasteiger partial charge in [0.1, 0.15) is 5.01 Å². The first-order valence-corrected chi connectivity index (χ1v) is 6.68. The summed E-state index contributed by atoms with van der Waals surface area (Å²) in [7, 11) is 0. The average molecular weight is 269 g/mol. The number of carbonyl (C=O) groups is 2. The summed E-state index contributed by atoms with van der Waals surface area (Å²) < 4.78 is 0. The summed E-state index contributed by atoms with van der Waals surface area (Å²) in [6.45, 7) is 2.67. The van der Waals surface area contributed by atoms with Gasteiger partial charge in [-0.1, -0.05) is 0 Å². The number of amides is 1. The minimum atomic E-state index is -1.05. The Morgan fingerprint density at radius 1 is 1.67 bits per heavy atom. The van der Waals surface area contributed by atoms with Crippen LogP contribution in [0.4, 0.5) is 0 Å². The Balaban J connectivity index is 1.95. The second kappa shape index (κ2) is 5.45. The lowest BCUT2D eigenvalue weighted by Gasteiger charge is -2.15. The molecule has 1 aromatic rings. The zero-order chi connectivity index (χ0) is 13.1. The Kier molecular flexibility index (Phi) is 3.93. The van der Waals surface area contributed by atoms with E-state index in [0.29, 0.717) is 5.01 Å². The number of aromatic carboxylic acids is 1. The monoisotopic (exact) mass is 269 g/mol. The SMILES string of the molecule is CC(NC(=O)[C@H]1CCCN1)c1nc(C(=O)O)cs1. The minimum Gasteiger partial charge on any atom is -0.476 e. The summed E-state index contributed by atoms with van der Waals surface area (Å²) in [5.74, 6) is -1.10. The zero-order valence-corrected chi connectivity index (χ0v) is 10.8. The molecule has 2 heterocycles. The molecule has 1 aromatic heterocycles. The van der Waals surface area contributed by atoms with Gasteiger partial charge in [0.25, 0.3) is 0 Å². The quantitative estimate of drug-likeness (QED) is 0.751. The van der Waals surface area contributed by atoms with Crippen molar-refractivity contribution in [3.8, 4) is 0 Å². The largest absolute Gasteiger partial charge is 0.476 e. The van der Waals surface area contributed by atoms with E-state index in [0.717, 1.165) is 19.4 Å². The van der Waals surface area contributed by atoms with Gasteiger partial charge in [0, 0.05) is 5.38 Å². The van der Waals surface area contributed by atoms with Gasteiger partial charge in [-0.25, -0.2) is 9.78 Å². The molecule has 0 radical (unpaired) electrons. The number of thiazole rings is 1. The summed E-state index contributed by atoms with van der Waals surface area (Å²) >= 11 is 1.24. The summed E-state index contributed by atoms with van der Waals surface area (Å²) in [5, 5.41) is 16.8. The number of carbonyl (C=O) groups excluding carboxylic acids is 1. The zero-order valence-electron chi connectivity index (χ0n) is 9.97. The molecule has 98 valence electrons. The molecule has 2 rings (SSSR count). The number of nitrogens with zero attached hydrogens (tertiary/aromatic N) is 1. The molecular formula is C11H15N3O3S. The van der Waals surface area contributed by atoms with Gasteiger partial charge >= 0.3 is 5.97 Å². The highest BCUT2D eigenvalue weighted by Crippen LogP contribution is 2.18. The number of carboxylic acids is 1. The molecular weight excluding hydrogens is 254 g/mol. The van der Waals surface area contributed by atoms with Gasteiger partial charge in [0.2, 0.25) is 5.91 Å². The van der Waals surface area contributed by atoms with Crippen molar-refractivity contribution in [3.63, 3.8) is 0 Å². The molecule has 1 fully saturated rings. The fourth-order valence-corrected chi connectivity index (χ4v) is 2.67. The van der Waals surface area contributed by atoms with Crippen molar-refractivity contribution in [1.82, 2.24) is 15.6 Å². The van der Waals surface area contributed by atoms with Crippen LogP contribution in [0.3, 0.4) is 0 Å². The third-order valence-electron chi connectivity index (χ3n) is 2.85. The Morgan fingerprint density at radius 2 is 2.44 bits per heavy atom.